The number of rotatable bonds is 3. The highest BCUT2D eigenvalue weighted by Crippen LogP contribution is 2.36. The molecule has 0 radical (unpaired) electrons. The Bertz CT molecular complexity index is 1080. The van der Waals surface area contributed by atoms with Gasteiger partial charge in [0.15, 0.2) is 0 Å². The first-order valence-electron chi connectivity index (χ1n) is 9.03. The van der Waals surface area contributed by atoms with Gasteiger partial charge in [0.25, 0.3) is 0 Å². The number of aromatic nitrogens is 3. The number of fused-ring (bicyclic) bond motifs is 1. The van der Waals surface area contributed by atoms with Gasteiger partial charge in [-0.05, 0) is 31.4 Å². The van der Waals surface area contributed by atoms with E-state index in [0.717, 1.165) is 23.8 Å². The van der Waals surface area contributed by atoms with Gasteiger partial charge in [0.2, 0.25) is 15.9 Å². The Morgan fingerprint density at radius 2 is 1.90 bits per heavy atom. The van der Waals surface area contributed by atoms with E-state index in [0.29, 0.717) is 40.7 Å². The van der Waals surface area contributed by atoms with Gasteiger partial charge in [0.1, 0.15) is 5.69 Å². The van der Waals surface area contributed by atoms with Gasteiger partial charge in [-0.15, -0.1) is 5.10 Å². The van der Waals surface area contributed by atoms with Gasteiger partial charge in [-0.1, -0.05) is 41.1 Å². The first-order valence-corrected chi connectivity index (χ1v) is 10.2. The standard InChI is InChI=1S/C19H16ClF3N4OS/c20-13-7-3-2-6-12(13)16-14(8-9-15(28)26-10-4-1-5-11-26)27-18(24-16)29-17(25-27)19(21,22)23/h2-3,6-9H,1,4-5,10-11H2/b9-8+. The Balaban J connectivity index is 1.79. The van der Waals surface area contributed by atoms with Crippen molar-refractivity contribution in [3.05, 3.63) is 46.1 Å². The SMILES string of the molecule is O=C(/C=C/c1c(-c2ccccc2Cl)nc2sc(C(F)(F)F)nn12)N1CCCCC1. The van der Waals surface area contributed by atoms with E-state index in [-0.39, 0.29) is 16.6 Å². The summed E-state index contributed by atoms with van der Waals surface area (Å²) in [6, 6.07) is 6.91. The minimum atomic E-state index is -4.57. The number of carbonyl (C=O) groups is 1. The van der Waals surface area contributed by atoms with Crippen molar-refractivity contribution in [3.8, 4) is 11.3 Å². The van der Waals surface area contributed by atoms with Crippen LogP contribution in [0.5, 0.6) is 0 Å². The topological polar surface area (TPSA) is 50.5 Å². The van der Waals surface area contributed by atoms with Crippen LogP contribution in [0.3, 0.4) is 0 Å². The molecule has 2 aromatic heterocycles. The highest BCUT2D eigenvalue weighted by Gasteiger charge is 2.36. The summed E-state index contributed by atoms with van der Waals surface area (Å²) in [5, 5.41) is 3.09. The molecule has 5 nitrogen and oxygen atoms in total. The van der Waals surface area contributed by atoms with E-state index in [1.165, 1.54) is 12.2 Å². The van der Waals surface area contributed by atoms with Crippen molar-refractivity contribution in [2.24, 2.45) is 0 Å². The van der Waals surface area contributed by atoms with Crippen LogP contribution in [0, 0.1) is 0 Å². The Hall–Kier alpha value is -2.39. The molecule has 4 rings (SSSR count). The Morgan fingerprint density at radius 1 is 1.17 bits per heavy atom. The summed E-state index contributed by atoms with van der Waals surface area (Å²) in [6.07, 6.45) is 1.25. The van der Waals surface area contributed by atoms with Gasteiger partial charge in [0.05, 0.1) is 10.7 Å². The van der Waals surface area contributed by atoms with E-state index in [2.05, 4.69) is 10.1 Å². The summed E-state index contributed by atoms with van der Waals surface area (Å²) < 4.78 is 40.4. The van der Waals surface area contributed by atoms with Crippen molar-refractivity contribution in [2.45, 2.75) is 25.4 Å². The normalized spacial score (nSPS) is 15.5. The minimum Gasteiger partial charge on any atom is -0.339 e. The second-order valence-corrected chi connectivity index (χ2v) is 8.01. The van der Waals surface area contributed by atoms with E-state index < -0.39 is 11.2 Å². The highest BCUT2D eigenvalue weighted by molar-refractivity contribution is 7.16. The Kier molecular flexibility index (Phi) is 5.35. The fourth-order valence-corrected chi connectivity index (χ4v) is 4.25. The second kappa shape index (κ2) is 7.79. The first kappa shape index (κ1) is 19.9. The number of amides is 1. The monoisotopic (exact) mass is 440 g/mol. The third-order valence-electron chi connectivity index (χ3n) is 4.66. The summed E-state index contributed by atoms with van der Waals surface area (Å²) >= 11 is 6.71. The minimum absolute atomic E-state index is 0.0808. The smallest absolute Gasteiger partial charge is 0.339 e. The number of hydrogen-bond acceptors (Lipinski definition) is 4. The number of carbonyl (C=O) groups excluding carboxylic acids is 1. The molecule has 3 aromatic rings. The van der Waals surface area contributed by atoms with Crippen molar-refractivity contribution >= 4 is 39.9 Å². The molecule has 0 atom stereocenters. The molecule has 29 heavy (non-hydrogen) atoms. The summed E-state index contributed by atoms with van der Waals surface area (Å²) in [7, 11) is 0. The number of likely N-dealkylation sites (tertiary alicyclic amines) is 1. The number of piperidine rings is 1. The molecule has 0 bridgehead atoms. The fourth-order valence-electron chi connectivity index (χ4n) is 3.25. The van der Waals surface area contributed by atoms with E-state index >= 15 is 0 Å². The lowest BCUT2D eigenvalue weighted by atomic mass is 10.1. The number of benzene rings is 1. The number of halogens is 4. The number of alkyl halides is 3. The lowest BCUT2D eigenvalue weighted by Crippen LogP contribution is -2.34. The molecule has 10 heteroatoms. The Labute approximate surface area is 173 Å². The third kappa shape index (κ3) is 4.02. The van der Waals surface area contributed by atoms with Crippen LogP contribution in [0.2, 0.25) is 5.02 Å². The van der Waals surface area contributed by atoms with Crippen LogP contribution in [-0.2, 0) is 11.0 Å². The lowest BCUT2D eigenvalue weighted by molar-refractivity contribution is -0.138. The quantitative estimate of drug-likeness (QED) is 0.529. The zero-order valence-corrected chi connectivity index (χ0v) is 16.7. The Morgan fingerprint density at radius 3 is 2.59 bits per heavy atom. The third-order valence-corrected chi connectivity index (χ3v) is 5.94. The molecule has 3 heterocycles. The molecular formula is C19H16ClF3N4OS. The van der Waals surface area contributed by atoms with E-state index in [1.54, 1.807) is 29.2 Å². The van der Waals surface area contributed by atoms with Gasteiger partial charge in [-0.25, -0.2) is 9.50 Å². The zero-order chi connectivity index (χ0) is 20.6. The van der Waals surface area contributed by atoms with Crippen molar-refractivity contribution in [1.29, 1.82) is 0 Å². The van der Waals surface area contributed by atoms with Crippen LogP contribution >= 0.6 is 22.9 Å². The van der Waals surface area contributed by atoms with Crippen LogP contribution in [0.1, 0.15) is 30.0 Å². The summed E-state index contributed by atoms with van der Waals surface area (Å²) in [5.74, 6) is -0.184. The highest BCUT2D eigenvalue weighted by atomic mass is 35.5. The van der Waals surface area contributed by atoms with Crippen LogP contribution in [0.4, 0.5) is 13.2 Å². The largest absolute Gasteiger partial charge is 0.445 e. The van der Waals surface area contributed by atoms with Crippen molar-refractivity contribution in [3.63, 3.8) is 0 Å². The molecule has 1 amide bonds. The maximum Gasteiger partial charge on any atom is 0.445 e. The van der Waals surface area contributed by atoms with E-state index in [9.17, 15) is 18.0 Å². The van der Waals surface area contributed by atoms with E-state index in [4.69, 9.17) is 11.6 Å². The zero-order valence-electron chi connectivity index (χ0n) is 15.1. The first-order chi connectivity index (χ1) is 13.8. The van der Waals surface area contributed by atoms with Crippen molar-refractivity contribution in [1.82, 2.24) is 19.5 Å². The molecule has 0 unspecified atom stereocenters. The average Bonchev–Trinajstić information content (AvgIpc) is 3.25. The average molecular weight is 441 g/mol. The molecule has 152 valence electrons. The molecule has 1 aliphatic rings. The molecule has 1 fully saturated rings. The number of hydrogen-bond donors (Lipinski definition) is 0. The molecule has 1 aliphatic heterocycles. The number of imidazole rings is 1. The molecule has 1 aromatic carbocycles. The molecule has 1 saturated heterocycles. The van der Waals surface area contributed by atoms with Gasteiger partial charge in [-0.3, -0.25) is 4.79 Å². The lowest BCUT2D eigenvalue weighted by Gasteiger charge is -2.25. The van der Waals surface area contributed by atoms with Crippen LogP contribution in [-0.4, -0.2) is 38.5 Å². The van der Waals surface area contributed by atoms with Gasteiger partial charge < -0.3 is 4.90 Å². The maximum atomic E-state index is 13.1. The maximum absolute atomic E-state index is 13.1. The van der Waals surface area contributed by atoms with E-state index in [1.807, 2.05) is 0 Å². The van der Waals surface area contributed by atoms with Crippen LogP contribution < -0.4 is 0 Å². The van der Waals surface area contributed by atoms with Crippen molar-refractivity contribution in [2.75, 3.05) is 13.1 Å². The fraction of sp³-hybridized carbons (Fsp3) is 0.316. The molecule has 0 N–H and O–H groups in total. The van der Waals surface area contributed by atoms with Gasteiger partial charge in [-0.2, -0.15) is 13.2 Å². The molecule has 0 aliphatic carbocycles. The molecule has 0 spiro atoms. The van der Waals surface area contributed by atoms with Crippen molar-refractivity contribution < 1.29 is 18.0 Å². The summed E-state index contributed by atoms with van der Waals surface area (Å²) in [5.41, 5.74) is 1.22. The molecular weight excluding hydrogens is 425 g/mol. The van der Waals surface area contributed by atoms with Crippen LogP contribution in [0.25, 0.3) is 22.3 Å². The van der Waals surface area contributed by atoms with Crippen LogP contribution in [0.15, 0.2) is 30.3 Å². The second-order valence-electron chi connectivity index (χ2n) is 6.64. The predicted octanol–water partition coefficient (Wildman–Crippen LogP) is 5.16. The van der Waals surface area contributed by atoms with Gasteiger partial charge in [0, 0.05) is 24.7 Å². The molecule has 0 saturated carbocycles. The predicted molar refractivity (Wildman–Crippen MR) is 106 cm³/mol. The summed E-state index contributed by atoms with van der Waals surface area (Å²) in [6.45, 7) is 1.36. The summed E-state index contributed by atoms with van der Waals surface area (Å²) in [4.78, 5) is 18.6. The van der Waals surface area contributed by atoms with Gasteiger partial charge >= 0.3 is 6.18 Å². The number of nitrogens with zero attached hydrogens (tertiary/aromatic N) is 4.